The molecule has 20 heavy (non-hydrogen) atoms. The predicted molar refractivity (Wildman–Crippen MR) is 93.6 cm³/mol. The molecule has 0 saturated carbocycles. The van der Waals surface area contributed by atoms with E-state index in [1.54, 1.807) is 6.20 Å². The highest BCUT2D eigenvalue weighted by atomic mass is 127. The van der Waals surface area contributed by atoms with Crippen molar-refractivity contribution < 1.29 is 0 Å². The molecule has 0 aliphatic rings. The summed E-state index contributed by atoms with van der Waals surface area (Å²) >= 11 is 8.42. The predicted octanol–water partition coefficient (Wildman–Crippen LogP) is 4.82. The number of fused-ring (bicyclic) bond motifs is 1. The van der Waals surface area contributed by atoms with Crippen molar-refractivity contribution in [1.29, 1.82) is 0 Å². The number of halogens is 2. The summed E-state index contributed by atoms with van der Waals surface area (Å²) in [7, 11) is 0. The van der Waals surface area contributed by atoms with E-state index in [4.69, 9.17) is 17.3 Å². The van der Waals surface area contributed by atoms with Crippen LogP contribution in [0, 0.1) is 3.57 Å². The first-order valence-electron chi connectivity index (χ1n) is 6.00. The number of hydrogen-bond acceptors (Lipinski definition) is 3. The second-order valence-corrected chi connectivity index (χ2v) is 6.00. The average Bonchev–Trinajstić information content (AvgIpc) is 2.45. The van der Waals surface area contributed by atoms with E-state index in [0.717, 1.165) is 25.8 Å². The van der Waals surface area contributed by atoms with Gasteiger partial charge in [0.2, 0.25) is 0 Å². The van der Waals surface area contributed by atoms with Crippen molar-refractivity contribution in [3.8, 4) is 0 Å². The first-order chi connectivity index (χ1) is 9.65. The minimum atomic E-state index is 0.689. The zero-order chi connectivity index (χ0) is 14.1. The van der Waals surface area contributed by atoms with E-state index >= 15 is 0 Å². The van der Waals surface area contributed by atoms with E-state index in [0.29, 0.717) is 10.7 Å². The van der Waals surface area contributed by atoms with Gasteiger partial charge in [-0.25, -0.2) is 0 Å². The van der Waals surface area contributed by atoms with Gasteiger partial charge in [0.1, 0.15) is 0 Å². The largest absolute Gasteiger partial charge is 0.397 e. The molecule has 1 heterocycles. The fraction of sp³-hybridized carbons (Fsp3) is 0. The van der Waals surface area contributed by atoms with Gasteiger partial charge in [-0.15, -0.1) is 0 Å². The molecule has 2 aromatic carbocycles. The number of benzene rings is 2. The van der Waals surface area contributed by atoms with E-state index < -0.39 is 0 Å². The molecule has 5 heteroatoms. The summed E-state index contributed by atoms with van der Waals surface area (Å²) in [5.41, 5.74) is 9.31. The van der Waals surface area contributed by atoms with E-state index in [1.807, 2.05) is 42.5 Å². The molecule has 0 radical (unpaired) electrons. The van der Waals surface area contributed by atoms with Crippen molar-refractivity contribution >= 4 is 62.2 Å². The Kier molecular flexibility index (Phi) is 3.67. The molecular weight excluding hydrogens is 385 g/mol. The number of nitrogen functional groups attached to an aromatic ring is 1. The quantitative estimate of drug-likeness (QED) is 0.483. The normalized spacial score (nSPS) is 10.7. The van der Waals surface area contributed by atoms with Crippen LogP contribution in [0.25, 0.3) is 10.9 Å². The molecule has 3 aromatic rings. The molecule has 1 aromatic heterocycles. The van der Waals surface area contributed by atoms with E-state index in [-0.39, 0.29) is 0 Å². The SMILES string of the molecule is Nc1cc(I)ccc1Nc1ccc(Cl)c2cccnc12. The first-order valence-corrected chi connectivity index (χ1v) is 7.46. The number of anilines is 3. The Morgan fingerprint density at radius 1 is 1.10 bits per heavy atom. The Labute approximate surface area is 135 Å². The van der Waals surface area contributed by atoms with Crippen LogP contribution in [-0.4, -0.2) is 4.98 Å². The summed E-state index contributed by atoms with van der Waals surface area (Å²) in [6.07, 6.45) is 1.75. The third-order valence-corrected chi connectivity index (χ3v) is 4.00. The van der Waals surface area contributed by atoms with Crippen molar-refractivity contribution in [2.45, 2.75) is 0 Å². The van der Waals surface area contributed by atoms with Gasteiger partial charge in [-0.2, -0.15) is 0 Å². The van der Waals surface area contributed by atoms with Crippen LogP contribution in [0.1, 0.15) is 0 Å². The number of nitrogens with two attached hydrogens (primary N) is 1. The number of nitrogens with zero attached hydrogens (tertiary/aromatic N) is 1. The molecule has 0 aliphatic heterocycles. The molecule has 3 N–H and O–H groups in total. The second kappa shape index (κ2) is 5.46. The summed E-state index contributed by atoms with van der Waals surface area (Å²) in [6, 6.07) is 13.5. The first kappa shape index (κ1) is 13.5. The maximum atomic E-state index is 6.19. The summed E-state index contributed by atoms with van der Waals surface area (Å²) in [4.78, 5) is 4.40. The van der Waals surface area contributed by atoms with Crippen LogP contribution in [0.4, 0.5) is 17.1 Å². The third kappa shape index (κ3) is 2.53. The van der Waals surface area contributed by atoms with Crippen molar-refractivity contribution in [2.75, 3.05) is 11.1 Å². The maximum absolute atomic E-state index is 6.19. The Morgan fingerprint density at radius 2 is 1.90 bits per heavy atom. The smallest absolute Gasteiger partial charge is 0.0951 e. The number of nitrogens with one attached hydrogen (secondary N) is 1. The minimum Gasteiger partial charge on any atom is -0.397 e. The summed E-state index contributed by atoms with van der Waals surface area (Å²) in [5.74, 6) is 0. The second-order valence-electron chi connectivity index (χ2n) is 4.35. The molecule has 100 valence electrons. The molecule has 0 amide bonds. The molecule has 3 rings (SSSR count). The molecule has 0 spiro atoms. The van der Waals surface area contributed by atoms with Gasteiger partial charge in [0, 0.05) is 15.2 Å². The van der Waals surface area contributed by atoms with Crippen LogP contribution in [0.15, 0.2) is 48.7 Å². The van der Waals surface area contributed by atoms with E-state index in [1.165, 1.54) is 0 Å². The lowest BCUT2D eigenvalue weighted by Gasteiger charge is -2.12. The Hall–Kier alpha value is -1.53. The lowest BCUT2D eigenvalue weighted by atomic mass is 10.1. The molecule has 3 nitrogen and oxygen atoms in total. The molecule has 0 unspecified atom stereocenters. The lowest BCUT2D eigenvalue weighted by molar-refractivity contribution is 1.40. The van der Waals surface area contributed by atoms with Gasteiger partial charge in [0.25, 0.3) is 0 Å². The van der Waals surface area contributed by atoms with Crippen molar-refractivity contribution in [3.05, 3.63) is 57.3 Å². The summed E-state index contributed by atoms with van der Waals surface area (Å²) in [5, 5.41) is 4.93. The number of hydrogen-bond donors (Lipinski definition) is 2. The van der Waals surface area contributed by atoms with Crippen LogP contribution in [0.3, 0.4) is 0 Å². The topological polar surface area (TPSA) is 50.9 Å². The van der Waals surface area contributed by atoms with E-state index in [2.05, 4.69) is 32.9 Å². The van der Waals surface area contributed by atoms with Gasteiger partial charge in [-0.3, -0.25) is 4.98 Å². The molecule has 0 bridgehead atoms. The molecule has 0 fully saturated rings. The zero-order valence-electron chi connectivity index (χ0n) is 10.4. The number of rotatable bonds is 2. The molecule has 0 aliphatic carbocycles. The Bertz CT molecular complexity index is 789. The highest BCUT2D eigenvalue weighted by molar-refractivity contribution is 14.1. The van der Waals surface area contributed by atoms with Crippen molar-refractivity contribution in [3.63, 3.8) is 0 Å². The van der Waals surface area contributed by atoms with Crippen LogP contribution in [-0.2, 0) is 0 Å². The molecular formula is C15H11ClIN3. The summed E-state index contributed by atoms with van der Waals surface area (Å²) in [6.45, 7) is 0. The van der Waals surface area contributed by atoms with E-state index in [9.17, 15) is 0 Å². The number of aromatic nitrogens is 1. The highest BCUT2D eigenvalue weighted by Gasteiger charge is 2.07. The monoisotopic (exact) mass is 395 g/mol. The van der Waals surface area contributed by atoms with Gasteiger partial charge >= 0.3 is 0 Å². The average molecular weight is 396 g/mol. The van der Waals surface area contributed by atoms with Gasteiger partial charge in [-0.05, 0) is 65.1 Å². The zero-order valence-corrected chi connectivity index (χ0v) is 13.3. The molecule has 0 atom stereocenters. The van der Waals surface area contributed by atoms with Gasteiger partial charge in [-0.1, -0.05) is 11.6 Å². The Balaban J connectivity index is 2.09. The third-order valence-electron chi connectivity index (χ3n) is 3.00. The van der Waals surface area contributed by atoms with Gasteiger partial charge in [0.05, 0.1) is 27.6 Å². The van der Waals surface area contributed by atoms with Crippen molar-refractivity contribution in [2.24, 2.45) is 0 Å². The van der Waals surface area contributed by atoms with Crippen LogP contribution in [0.5, 0.6) is 0 Å². The maximum Gasteiger partial charge on any atom is 0.0951 e. The fourth-order valence-electron chi connectivity index (χ4n) is 2.03. The standard InChI is InChI=1S/C15H11ClIN3/c16-11-4-6-14(15-10(11)2-1-7-19-15)20-13-5-3-9(17)8-12(13)18/h1-8,20H,18H2. The Morgan fingerprint density at radius 3 is 2.70 bits per heavy atom. The fourth-order valence-corrected chi connectivity index (χ4v) is 2.76. The lowest BCUT2D eigenvalue weighted by Crippen LogP contribution is -1.98. The van der Waals surface area contributed by atoms with Crippen LogP contribution < -0.4 is 11.1 Å². The van der Waals surface area contributed by atoms with Gasteiger partial charge in [0.15, 0.2) is 0 Å². The van der Waals surface area contributed by atoms with Crippen molar-refractivity contribution in [1.82, 2.24) is 4.98 Å². The highest BCUT2D eigenvalue weighted by Crippen LogP contribution is 2.32. The minimum absolute atomic E-state index is 0.689. The van der Waals surface area contributed by atoms with Crippen LogP contribution in [0.2, 0.25) is 5.02 Å². The number of pyridine rings is 1. The van der Waals surface area contributed by atoms with Gasteiger partial charge < -0.3 is 11.1 Å². The summed E-state index contributed by atoms with van der Waals surface area (Å²) < 4.78 is 1.10. The van der Waals surface area contributed by atoms with Crippen LogP contribution >= 0.6 is 34.2 Å². The molecule has 0 saturated heterocycles.